The minimum absolute atomic E-state index is 0.0213. The third-order valence-electron chi connectivity index (χ3n) is 14.5. The summed E-state index contributed by atoms with van der Waals surface area (Å²) in [7, 11) is 0. The quantitative estimate of drug-likeness (QED) is 0.0903. The molecule has 0 aliphatic carbocycles. The van der Waals surface area contributed by atoms with Crippen molar-refractivity contribution in [2.75, 3.05) is 0 Å². The molecule has 0 fully saturated rings. The van der Waals surface area contributed by atoms with Crippen molar-refractivity contribution in [1.82, 2.24) is 14.1 Å². The molecule has 12 aromatic carbocycles. The normalized spacial score (nSPS) is 16.6. The zero-order chi connectivity index (χ0) is 85.4. The van der Waals surface area contributed by atoms with Gasteiger partial charge >= 0.3 is 0 Å². The van der Waals surface area contributed by atoms with Crippen molar-refractivity contribution < 1.29 is 51.8 Å². The highest BCUT2D eigenvalue weighted by Crippen LogP contribution is 2.44. The van der Waals surface area contributed by atoms with E-state index >= 15 is 0 Å². The molecule has 3 aromatic heterocycles. The number of para-hydroxylation sites is 3. The van der Waals surface area contributed by atoms with Gasteiger partial charge in [-0.25, -0.2) is 4.98 Å². The Morgan fingerprint density at radius 1 is 0.414 bits per heavy atom. The Kier molecular flexibility index (Phi) is 7.40. The zero-order valence-corrected chi connectivity index (χ0v) is 46.2. The smallest absolute Gasteiger partial charge is 0.269 e. The largest absolute Gasteiger partial charge is 0.458 e. The van der Waals surface area contributed by atoms with Gasteiger partial charge in [-0.15, -0.1) is 0 Å². The summed E-state index contributed by atoms with van der Waals surface area (Å²) in [5, 5.41) is 1.80. The molecular weight excluding hydrogens is 1060 g/mol. The van der Waals surface area contributed by atoms with Crippen LogP contribution in [0.3, 0.4) is 0 Å². The van der Waals surface area contributed by atoms with Crippen LogP contribution in [0.2, 0.25) is 0 Å². The predicted molar refractivity (Wildman–Crippen MR) is 359 cm³/mol. The maximum atomic E-state index is 10.7. The van der Waals surface area contributed by atoms with Gasteiger partial charge in [0, 0.05) is 23.0 Å². The van der Waals surface area contributed by atoms with Crippen molar-refractivity contribution in [1.29, 1.82) is 0 Å². The number of imidazole rings is 1. The van der Waals surface area contributed by atoms with Gasteiger partial charge in [0.1, 0.15) is 17.3 Å². The van der Waals surface area contributed by atoms with Crippen LogP contribution in [0.25, 0.3) is 128 Å². The maximum Gasteiger partial charge on any atom is 0.269 e. The standard InChI is InChI=1S/C82H60N4O/c1-82(2,3)68-42-43-83-80(52-68)86-76-37-20-19-36-72(76)73-41-40-71(54-79(73)86)87-70-35-23-34-69(53-70)84-55-85(78-39-22-21-38-77(78)84)81-74(66-46-61(56-24-9-4-10-25-56)44-62(47-66)57-26-11-5-12-27-57)50-65(60-32-17-8-18-33-60)51-75(81)67-48-63(58-28-13-6-14-29-58)45-64(49-67)59-30-15-7-16-31-59/h4-54H,1-3H3/i4D,5D,6D,7D,8D,9D,10D,11D,12D,13D,14D,15D,16D,17D,18D,24D,25D,26D,27D,28D,29D,30D,31D,32D,33D,44D,45D,46D,47D,48D,49D. The van der Waals surface area contributed by atoms with Crippen LogP contribution in [0.4, 0.5) is 0 Å². The van der Waals surface area contributed by atoms with E-state index in [0.29, 0.717) is 11.6 Å². The van der Waals surface area contributed by atoms with Crippen LogP contribution in [-0.4, -0.2) is 14.1 Å². The number of aromatic nitrogens is 4. The second kappa shape index (κ2) is 22.1. The Hall–Kier alpha value is -11.1. The molecule has 0 unspecified atom stereocenters. The average Bonchev–Trinajstić information content (AvgIpc) is 1.18. The first kappa shape index (κ1) is 29.1. The lowest BCUT2D eigenvalue weighted by Gasteiger charge is -2.22. The monoisotopic (exact) mass is 1150 g/mol. The molecular formula is C82H60N4O. The highest BCUT2D eigenvalue weighted by Gasteiger charge is 2.25. The zero-order valence-electron chi connectivity index (χ0n) is 77.2. The van der Waals surface area contributed by atoms with Crippen molar-refractivity contribution in [3.63, 3.8) is 0 Å². The van der Waals surface area contributed by atoms with Crippen molar-refractivity contribution in [3.05, 3.63) is 321 Å². The Balaban J connectivity index is 1.14. The molecule has 0 saturated heterocycles. The van der Waals surface area contributed by atoms with Gasteiger partial charge in [0.05, 0.1) is 75.9 Å². The molecule has 0 atom stereocenters. The summed E-state index contributed by atoms with van der Waals surface area (Å²) in [4.78, 5) is 4.83. The maximum absolute atomic E-state index is 10.7. The van der Waals surface area contributed by atoms with Gasteiger partial charge in [0.15, 0.2) is 0 Å². The molecule has 0 aliphatic rings. The lowest BCUT2D eigenvalue weighted by atomic mass is 9.86. The molecule has 0 bridgehead atoms. The topological polar surface area (TPSA) is 35.9 Å². The van der Waals surface area contributed by atoms with E-state index in [1.54, 1.807) is 54.7 Å². The van der Waals surface area contributed by atoms with E-state index in [1.807, 2.05) is 53.1 Å². The fourth-order valence-electron chi connectivity index (χ4n) is 10.5. The van der Waals surface area contributed by atoms with Crippen molar-refractivity contribution in [3.8, 4) is 107 Å². The van der Waals surface area contributed by atoms with Gasteiger partial charge in [0.25, 0.3) is 6.33 Å². The molecule has 15 aromatic rings. The average molecular weight is 1150 g/mol. The number of ether oxygens (including phenoxy) is 1. The number of nitrogens with zero attached hydrogens (tertiary/aromatic N) is 4. The van der Waals surface area contributed by atoms with Crippen molar-refractivity contribution >= 4 is 32.8 Å². The van der Waals surface area contributed by atoms with Gasteiger partial charge in [-0.2, -0.15) is 0 Å². The van der Waals surface area contributed by atoms with Gasteiger partial charge in [-0.3, -0.25) is 13.7 Å². The van der Waals surface area contributed by atoms with Gasteiger partial charge in [0.2, 0.25) is 0 Å². The van der Waals surface area contributed by atoms with Crippen molar-refractivity contribution in [2.45, 2.75) is 26.2 Å². The lowest BCUT2D eigenvalue weighted by molar-refractivity contribution is -0.571. The number of rotatable bonds is 12. The molecule has 0 saturated carbocycles. The molecule has 414 valence electrons. The number of hydrogen-bond acceptors (Lipinski definition) is 2. The fourth-order valence-corrected chi connectivity index (χ4v) is 10.5. The second-order valence-corrected chi connectivity index (χ2v) is 21.0. The minimum Gasteiger partial charge on any atom is -0.458 e. The van der Waals surface area contributed by atoms with Crippen LogP contribution >= 0.6 is 0 Å². The molecule has 0 spiro atoms. The van der Waals surface area contributed by atoms with Gasteiger partial charge in [-0.1, -0.05) is 220 Å². The third kappa shape index (κ3) is 10.2. The second-order valence-electron chi connectivity index (χ2n) is 21.0. The molecule has 0 N–H and O–H groups in total. The number of hydrogen-bond donors (Lipinski definition) is 0. The van der Waals surface area contributed by atoms with E-state index in [2.05, 4.69) is 27.1 Å². The lowest BCUT2D eigenvalue weighted by Crippen LogP contribution is -2.31. The summed E-state index contributed by atoms with van der Waals surface area (Å²) >= 11 is 0. The molecule has 15 rings (SSSR count). The van der Waals surface area contributed by atoms with Crippen LogP contribution in [0.15, 0.2) is 309 Å². The summed E-state index contributed by atoms with van der Waals surface area (Å²) in [5.41, 5.74) is -9.72. The van der Waals surface area contributed by atoms with E-state index in [1.165, 1.54) is 15.2 Å². The summed E-state index contributed by atoms with van der Waals surface area (Å²) in [5.74, 6) is 1.22. The molecule has 0 aliphatic heterocycles. The van der Waals surface area contributed by atoms with Gasteiger partial charge < -0.3 is 4.74 Å². The van der Waals surface area contributed by atoms with E-state index in [9.17, 15) is 21.9 Å². The highest BCUT2D eigenvalue weighted by atomic mass is 16.5. The third-order valence-corrected chi connectivity index (χ3v) is 14.5. The first-order valence-electron chi connectivity index (χ1n) is 42.7. The van der Waals surface area contributed by atoms with Crippen LogP contribution in [0.1, 0.15) is 68.8 Å². The Labute approximate surface area is 551 Å². The molecule has 5 heteroatoms. The molecule has 0 radical (unpaired) electrons. The molecule has 0 amide bonds. The molecule has 5 nitrogen and oxygen atoms in total. The Morgan fingerprint density at radius 3 is 1.43 bits per heavy atom. The van der Waals surface area contributed by atoms with Crippen LogP contribution in [0.5, 0.6) is 11.5 Å². The van der Waals surface area contributed by atoms with Crippen molar-refractivity contribution in [2.24, 2.45) is 0 Å². The fraction of sp³-hybridized carbons (Fsp3) is 0.0488. The van der Waals surface area contributed by atoms with E-state index in [-0.39, 0.29) is 27.9 Å². The minimum atomic E-state index is -1.13. The van der Waals surface area contributed by atoms with E-state index in [0.717, 1.165) is 39.5 Å². The molecule has 87 heavy (non-hydrogen) atoms. The van der Waals surface area contributed by atoms with Crippen LogP contribution in [-0.2, 0) is 5.41 Å². The first-order valence-corrected chi connectivity index (χ1v) is 27.2. The van der Waals surface area contributed by atoms with Gasteiger partial charge in [-0.05, 0) is 186 Å². The molecule has 3 heterocycles. The number of pyridine rings is 1. The Bertz CT molecular complexity index is 6420. The number of fused-ring (bicyclic) bond motifs is 4. The summed E-state index contributed by atoms with van der Waals surface area (Å²) in [6, 6.07) is 0.228. The summed E-state index contributed by atoms with van der Waals surface area (Å²) in [6.45, 7) is 6.29. The first-order chi connectivity index (χ1) is 55.7. The SMILES string of the molecule is [2H]c1c([2H])c([2H])c(-c2cc(-c3c([2H])c(-c4c([2H])c([2H])c([2H])c([2H])c4[2H])c([2H])c(-c4c([2H])c([2H])c([2H])c([2H])c4[2H])c3[2H])c(-[n+]3[c-]n(-c4cccc(Oc5ccc6c7ccccc7n(-c7cc(C(C)(C)C)ccn7)c6c5)c4)c4ccccc43)c(-c3c([2H])c(-c4c([2H])c([2H])c([2H])c([2H])c4[2H])c([2H])c(-c4c([2H])c([2H])c([2H])c([2H])c4[2H])c3[2H])c2)c([2H])c1[2H]. The van der Waals surface area contributed by atoms with E-state index < -0.39 is 271 Å². The van der Waals surface area contributed by atoms with Crippen LogP contribution < -0.4 is 9.30 Å². The van der Waals surface area contributed by atoms with Crippen LogP contribution in [0, 0.1) is 6.33 Å². The Morgan fingerprint density at radius 2 is 0.885 bits per heavy atom. The summed E-state index contributed by atoms with van der Waals surface area (Å²) < 4.78 is 303. The summed E-state index contributed by atoms with van der Waals surface area (Å²) in [6.07, 6.45) is 5.08. The van der Waals surface area contributed by atoms with E-state index in [4.69, 9.17) is 30.3 Å². The predicted octanol–water partition coefficient (Wildman–Crippen LogP) is 21.0. The number of benzene rings is 12. The highest BCUT2D eigenvalue weighted by molar-refractivity contribution is 6.09.